The first-order chi connectivity index (χ1) is 8.61. The maximum Gasteiger partial charge on any atom is 0.305 e. The van der Waals surface area contributed by atoms with Crippen molar-refractivity contribution in [1.82, 2.24) is 4.90 Å². The molecular formula is C12H16N2O3S. The first kappa shape index (κ1) is 13.0. The van der Waals surface area contributed by atoms with Crippen molar-refractivity contribution in [2.45, 2.75) is 18.9 Å². The fraction of sp³-hybridized carbons (Fsp3) is 0.500. The molecule has 1 amide bonds. The summed E-state index contributed by atoms with van der Waals surface area (Å²) in [5.74, 6) is -0.740. The second kappa shape index (κ2) is 5.49. The van der Waals surface area contributed by atoms with Gasteiger partial charge in [0.2, 0.25) is 5.91 Å². The van der Waals surface area contributed by atoms with Gasteiger partial charge in [-0.15, -0.1) is 11.3 Å². The summed E-state index contributed by atoms with van der Waals surface area (Å²) in [6.45, 7) is 1.03. The average Bonchev–Trinajstić information content (AvgIpc) is 2.95. The number of rotatable bonds is 5. The number of carbonyl (C=O) groups excluding carboxylic acids is 1. The van der Waals surface area contributed by atoms with E-state index in [1.807, 2.05) is 17.5 Å². The van der Waals surface area contributed by atoms with E-state index >= 15 is 0 Å². The summed E-state index contributed by atoms with van der Waals surface area (Å²) in [7, 11) is 0. The summed E-state index contributed by atoms with van der Waals surface area (Å²) in [5.41, 5.74) is 5.59. The number of likely N-dealkylation sites (tertiary alicyclic amines) is 1. The van der Waals surface area contributed by atoms with E-state index in [0.29, 0.717) is 19.5 Å². The number of carbonyl (C=O) groups is 2. The maximum atomic E-state index is 11.9. The van der Waals surface area contributed by atoms with E-state index in [0.717, 1.165) is 4.88 Å². The third-order valence-corrected chi connectivity index (χ3v) is 4.16. The van der Waals surface area contributed by atoms with Gasteiger partial charge in [-0.3, -0.25) is 9.59 Å². The Morgan fingerprint density at radius 3 is 2.94 bits per heavy atom. The minimum absolute atomic E-state index is 0.00472. The molecule has 1 aromatic rings. The number of nitrogens with zero attached hydrogens (tertiary/aromatic N) is 1. The number of amides is 1. The Morgan fingerprint density at radius 1 is 1.67 bits per heavy atom. The zero-order valence-corrected chi connectivity index (χ0v) is 10.7. The average molecular weight is 268 g/mol. The maximum absolute atomic E-state index is 11.9. The summed E-state index contributed by atoms with van der Waals surface area (Å²) in [6.07, 6.45) is 0.377. The largest absolute Gasteiger partial charge is 0.481 e. The summed E-state index contributed by atoms with van der Waals surface area (Å²) < 4.78 is 0. The molecule has 2 atom stereocenters. The Kier molecular flexibility index (Phi) is 3.98. The van der Waals surface area contributed by atoms with Crippen molar-refractivity contribution in [2.75, 3.05) is 13.1 Å². The molecule has 6 heteroatoms. The van der Waals surface area contributed by atoms with Gasteiger partial charge in [0.05, 0.1) is 12.5 Å². The molecule has 2 heterocycles. The number of aliphatic carboxylic acids is 1. The van der Waals surface area contributed by atoms with E-state index in [4.69, 9.17) is 10.8 Å². The summed E-state index contributed by atoms with van der Waals surface area (Å²) in [6, 6.07) is 3.39. The normalized spacial score (nSPS) is 21.3. The Labute approximate surface area is 109 Å². The van der Waals surface area contributed by atoms with Crippen molar-refractivity contribution >= 4 is 23.2 Å². The van der Waals surface area contributed by atoms with Gasteiger partial charge in [-0.25, -0.2) is 0 Å². The summed E-state index contributed by atoms with van der Waals surface area (Å²) in [4.78, 5) is 25.5. The molecule has 3 N–H and O–H groups in total. The Morgan fingerprint density at radius 2 is 2.44 bits per heavy atom. The predicted octanol–water partition coefficient (Wildman–Crippen LogP) is 1.07. The lowest BCUT2D eigenvalue weighted by atomic mass is 10.1. The van der Waals surface area contributed by atoms with Gasteiger partial charge in [-0.2, -0.15) is 0 Å². The van der Waals surface area contributed by atoms with Crippen molar-refractivity contribution in [1.29, 1.82) is 0 Å². The van der Waals surface area contributed by atoms with Gasteiger partial charge < -0.3 is 15.7 Å². The van der Waals surface area contributed by atoms with Crippen LogP contribution in [0.3, 0.4) is 0 Å². The fourth-order valence-corrected chi connectivity index (χ4v) is 3.12. The van der Waals surface area contributed by atoms with Crippen molar-refractivity contribution < 1.29 is 14.7 Å². The lowest BCUT2D eigenvalue weighted by Gasteiger charge is -2.26. The highest BCUT2D eigenvalue weighted by Gasteiger charge is 2.35. The second-order valence-corrected chi connectivity index (χ2v) is 5.46. The van der Waals surface area contributed by atoms with Crippen LogP contribution in [0.25, 0.3) is 0 Å². The monoisotopic (exact) mass is 268 g/mol. The minimum atomic E-state index is -0.891. The summed E-state index contributed by atoms with van der Waals surface area (Å²) >= 11 is 1.48. The van der Waals surface area contributed by atoms with Crippen LogP contribution in [0.5, 0.6) is 0 Å². The number of carboxylic acids is 1. The van der Waals surface area contributed by atoms with E-state index < -0.39 is 5.97 Å². The van der Waals surface area contributed by atoms with Crippen molar-refractivity contribution in [2.24, 2.45) is 11.7 Å². The molecule has 0 radical (unpaired) electrons. The highest BCUT2D eigenvalue weighted by Crippen LogP contribution is 2.33. The number of hydrogen-bond acceptors (Lipinski definition) is 4. The van der Waals surface area contributed by atoms with Crippen LogP contribution in [0.4, 0.5) is 0 Å². The van der Waals surface area contributed by atoms with Gasteiger partial charge in [0.15, 0.2) is 0 Å². The van der Waals surface area contributed by atoms with E-state index in [1.54, 1.807) is 4.90 Å². The topological polar surface area (TPSA) is 83.6 Å². The van der Waals surface area contributed by atoms with Crippen molar-refractivity contribution in [3.05, 3.63) is 22.4 Å². The molecule has 0 aliphatic carbocycles. The number of hydrogen-bond donors (Lipinski definition) is 2. The standard InChI is InChI=1S/C12H16N2O3S/c13-6-8-4-11(15)14(7-8)9(5-12(16)17)10-2-1-3-18-10/h1-3,8-9H,4-7,13H2,(H,16,17). The smallest absolute Gasteiger partial charge is 0.305 e. The molecule has 2 rings (SSSR count). The first-order valence-corrected chi connectivity index (χ1v) is 6.74. The quantitative estimate of drug-likeness (QED) is 0.836. The van der Waals surface area contributed by atoms with Gasteiger partial charge in [-0.1, -0.05) is 6.07 Å². The van der Waals surface area contributed by atoms with Crippen LogP contribution in [0.2, 0.25) is 0 Å². The van der Waals surface area contributed by atoms with E-state index in [-0.39, 0.29) is 24.3 Å². The lowest BCUT2D eigenvalue weighted by molar-refractivity contribution is -0.139. The van der Waals surface area contributed by atoms with Crippen molar-refractivity contribution in [3.8, 4) is 0 Å². The molecule has 0 bridgehead atoms. The van der Waals surface area contributed by atoms with E-state index in [1.165, 1.54) is 11.3 Å². The molecule has 1 fully saturated rings. The van der Waals surface area contributed by atoms with E-state index in [2.05, 4.69) is 0 Å². The summed E-state index contributed by atoms with van der Waals surface area (Å²) in [5, 5.41) is 10.9. The minimum Gasteiger partial charge on any atom is -0.481 e. The molecule has 0 spiro atoms. The van der Waals surface area contributed by atoms with Crippen LogP contribution in [0, 0.1) is 5.92 Å². The molecule has 1 aromatic heterocycles. The van der Waals surface area contributed by atoms with Crippen LogP contribution in [0.15, 0.2) is 17.5 Å². The third-order valence-electron chi connectivity index (χ3n) is 3.19. The molecule has 5 nitrogen and oxygen atoms in total. The van der Waals surface area contributed by atoms with Crippen LogP contribution in [0.1, 0.15) is 23.8 Å². The number of nitrogens with two attached hydrogens (primary N) is 1. The predicted molar refractivity (Wildman–Crippen MR) is 68.2 cm³/mol. The highest BCUT2D eigenvalue weighted by atomic mass is 32.1. The zero-order valence-electron chi connectivity index (χ0n) is 9.91. The highest BCUT2D eigenvalue weighted by molar-refractivity contribution is 7.10. The molecule has 1 saturated heterocycles. The molecule has 0 aromatic carbocycles. The Hall–Kier alpha value is -1.40. The molecule has 2 unspecified atom stereocenters. The van der Waals surface area contributed by atoms with Crippen molar-refractivity contribution in [3.63, 3.8) is 0 Å². The lowest BCUT2D eigenvalue weighted by Crippen LogP contribution is -2.32. The molecular weight excluding hydrogens is 252 g/mol. The van der Waals surface area contributed by atoms with Crippen LogP contribution < -0.4 is 5.73 Å². The van der Waals surface area contributed by atoms with Crippen LogP contribution >= 0.6 is 11.3 Å². The molecule has 98 valence electrons. The Bertz CT molecular complexity index is 433. The Balaban J connectivity index is 2.19. The third kappa shape index (κ3) is 2.70. The van der Waals surface area contributed by atoms with Gasteiger partial charge in [0.25, 0.3) is 0 Å². The van der Waals surface area contributed by atoms with Gasteiger partial charge in [-0.05, 0) is 23.9 Å². The number of thiophene rings is 1. The van der Waals surface area contributed by atoms with E-state index in [9.17, 15) is 9.59 Å². The molecule has 1 aliphatic rings. The molecule has 0 saturated carbocycles. The van der Waals surface area contributed by atoms with Crippen LogP contribution in [-0.4, -0.2) is 35.0 Å². The van der Waals surface area contributed by atoms with Crippen LogP contribution in [-0.2, 0) is 9.59 Å². The van der Waals surface area contributed by atoms with Gasteiger partial charge >= 0.3 is 5.97 Å². The zero-order chi connectivity index (χ0) is 13.1. The SMILES string of the molecule is NCC1CC(=O)N(C(CC(=O)O)c2cccs2)C1. The van der Waals surface area contributed by atoms with Gasteiger partial charge in [0, 0.05) is 17.8 Å². The molecule has 18 heavy (non-hydrogen) atoms. The fourth-order valence-electron chi connectivity index (χ4n) is 2.28. The number of carboxylic acid groups (broad SMARTS) is 1. The first-order valence-electron chi connectivity index (χ1n) is 5.86. The molecule has 1 aliphatic heterocycles. The second-order valence-electron chi connectivity index (χ2n) is 4.48. The van der Waals surface area contributed by atoms with Gasteiger partial charge in [0.1, 0.15) is 0 Å².